The molecule has 0 amide bonds. The third kappa shape index (κ3) is 16.1. The van der Waals surface area contributed by atoms with Crippen LogP contribution in [0.15, 0.2) is 24.3 Å². The van der Waals surface area contributed by atoms with Crippen molar-refractivity contribution in [3.63, 3.8) is 0 Å². The van der Waals surface area contributed by atoms with E-state index < -0.39 is 14.5 Å². The molecule has 0 saturated carbocycles. The van der Waals surface area contributed by atoms with Crippen LogP contribution in [0, 0.1) is 0 Å². The van der Waals surface area contributed by atoms with Gasteiger partial charge in [-0.15, -0.1) is 0 Å². The first-order chi connectivity index (χ1) is 19.5. The summed E-state index contributed by atoms with van der Waals surface area (Å²) in [6, 6.07) is 9.88. The number of benzene rings is 1. The van der Waals surface area contributed by atoms with Crippen molar-refractivity contribution in [2.24, 2.45) is 0 Å². The molecule has 40 heavy (non-hydrogen) atoms. The van der Waals surface area contributed by atoms with Crippen molar-refractivity contribution in [2.45, 2.75) is 169 Å². The fourth-order valence-corrected chi connectivity index (χ4v) is 16.2. The molecule has 1 aromatic carbocycles. The summed E-state index contributed by atoms with van der Waals surface area (Å²) in [6.07, 6.45) is 38.3. The second-order valence-electron chi connectivity index (χ2n) is 13.7. The number of unbranched alkanes of at least 4 members (excludes halogenated alkanes) is 15. The minimum atomic E-state index is -1.36. The van der Waals surface area contributed by atoms with Crippen molar-refractivity contribution in [1.82, 2.24) is 0 Å². The predicted octanol–water partition coefficient (Wildman–Crippen LogP) is 13.3. The van der Waals surface area contributed by atoms with Gasteiger partial charge in [-0.3, -0.25) is 0 Å². The Labute approximate surface area is 255 Å². The van der Waals surface area contributed by atoms with Gasteiger partial charge in [0, 0.05) is 0 Å². The van der Waals surface area contributed by atoms with E-state index in [9.17, 15) is 0 Å². The van der Waals surface area contributed by atoms with Crippen molar-refractivity contribution in [1.29, 1.82) is 0 Å². The molecule has 0 radical (unpaired) electrons. The van der Waals surface area contributed by atoms with Gasteiger partial charge in [0.05, 0.1) is 0 Å². The molecule has 0 saturated heterocycles. The van der Waals surface area contributed by atoms with Crippen LogP contribution in [0.1, 0.15) is 168 Å². The molecule has 0 aromatic heterocycles. The zero-order valence-electron chi connectivity index (χ0n) is 28.7. The van der Waals surface area contributed by atoms with Crippen molar-refractivity contribution in [3.05, 3.63) is 35.4 Å². The van der Waals surface area contributed by atoms with Crippen LogP contribution >= 0.6 is 14.5 Å². The van der Waals surface area contributed by atoms with Gasteiger partial charge >= 0.3 is 256 Å². The normalized spacial score (nSPS) is 13.2. The topological polar surface area (TPSA) is 0 Å². The quantitative estimate of drug-likeness (QED) is 0.0668. The second kappa shape index (κ2) is 24.5. The first-order valence-electron chi connectivity index (χ1n) is 18.6. The van der Waals surface area contributed by atoms with Gasteiger partial charge in [-0.2, -0.15) is 0 Å². The molecule has 0 aliphatic carbocycles. The Hall–Kier alpha value is 0.0800. The van der Waals surface area contributed by atoms with Crippen LogP contribution < -0.4 is 0 Å². The molecule has 1 aromatic rings. The summed E-state index contributed by atoms with van der Waals surface area (Å²) in [5.41, 5.74) is 3.56. The first kappa shape index (κ1) is 38.1. The van der Waals surface area contributed by atoms with E-state index in [2.05, 4.69) is 65.8 Å². The van der Waals surface area contributed by atoms with Crippen LogP contribution in [0.4, 0.5) is 0 Å². The summed E-state index contributed by atoms with van der Waals surface area (Å²) in [4.78, 5) is 0. The van der Waals surface area contributed by atoms with E-state index in [-0.39, 0.29) is 0 Å². The van der Waals surface area contributed by atoms with E-state index in [1.165, 1.54) is 146 Å². The van der Waals surface area contributed by atoms with Gasteiger partial charge in [-0.25, -0.2) is 0 Å². The van der Waals surface area contributed by atoms with E-state index in [1.807, 2.05) is 0 Å². The Kier molecular flexibility index (Phi) is 23.4. The van der Waals surface area contributed by atoms with Crippen LogP contribution in [0.25, 0.3) is 0 Å². The predicted molar refractivity (Wildman–Crippen MR) is 197 cm³/mol. The van der Waals surface area contributed by atoms with Gasteiger partial charge < -0.3 is 0 Å². The average molecular weight is 595 g/mol. The monoisotopic (exact) mass is 595 g/mol. The van der Waals surface area contributed by atoms with Crippen molar-refractivity contribution in [2.75, 3.05) is 37.0 Å². The second-order valence-corrected chi connectivity index (χ2v) is 24.1. The molecule has 0 N–H and O–H groups in total. The molecule has 0 aliphatic rings. The molecule has 0 heterocycles. The van der Waals surface area contributed by atoms with Crippen LogP contribution in [0.2, 0.25) is 0 Å². The molecule has 1 rings (SSSR count). The van der Waals surface area contributed by atoms with Crippen LogP contribution in [-0.4, -0.2) is 37.0 Å². The van der Waals surface area contributed by atoms with Crippen molar-refractivity contribution in [3.8, 4) is 0 Å². The molecular weight excluding hydrogens is 518 g/mol. The molecule has 0 nitrogen and oxygen atoms in total. The van der Waals surface area contributed by atoms with E-state index in [0.717, 1.165) is 0 Å². The zero-order valence-corrected chi connectivity index (χ0v) is 30.7. The molecule has 0 fully saturated rings. The zero-order chi connectivity index (χ0) is 29.4. The minimum absolute atomic E-state index is 1.18. The number of hydrogen-bond acceptors (Lipinski definition) is 0. The molecule has 0 spiro atoms. The summed E-state index contributed by atoms with van der Waals surface area (Å²) in [5.74, 6) is 0. The maximum atomic E-state index is 2.58. The molecule has 0 atom stereocenters. The van der Waals surface area contributed by atoms with Crippen molar-refractivity contribution >= 4 is 14.5 Å². The first-order valence-corrected chi connectivity index (χ1v) is 24.3. The van der Waals surface area contributed by atoms with Crippen LogP contribution in [0.3, 0.4) is 0 Å². The summed E-state index contributed by atoms with van der Waals surface area (Å²) in [6.45, 7) is 14.5. The Morgan fingerprint density at radius 3 is 1.00 bits per heavy atom. The van der Waals surface area contributed by atoms with Gasteiger partial charge in [0.15, 0.2) is 0 Å². The Bertz CT molecular complexity index is 643. The van der Waals surface area contributed by atoms with E-state index in [0.29, 0.717) is 0 Å². The Balaban J connectivity index is 3.14. The molecule has 2 heteroatoms. The van der Waals surface area contributed by atoms with E-state index >= 15 is 0 Å². The molecule has 0 unspecified atom stereocenters. The van der Waals surface area contributed by atoms with Gasteiger partial charge in [-0.05, 0) is 0 Å². The van der Waals surface area contributed by atoms with Gasteiger partial charge in [0.2, 0.25) is 0 Å². The van der Waals surface area contributed by atoms with E-state index in [4.69, 9.17) is 0 Å². The van der Waals surface area contributed by atoms with Crippen LogP contribution in [0.5, 0.6) is 0 Å². The molecule has 0 bridgehead atoms. The molecule has 0 aliphatic heterocycles. The molecule has 238 valence electrons. The standard InChI is InChI=1S/C38H76P2/c1-7-13-16-19-22-27-32-40(33-28-23-20-17-14-8-2,34-29-24-21-18-15-9-3)36-38-31-26-25-30-37(38)35-39(10-4,11-5)12-6/h25-26,30-31,39-40H,7-24,27-29,32-36H2,1-6H3. The Morgan fingerprint density at radius 1 is 0.375 bits per heavy atom. The van der Waals surface area contributed by atoms with Gasteiger partial charge in [-0.1, -0.05) is 0 Å². The third-order valence-corrected chi connectivity index (χ3v) is 21.7. The third-order valence-electron chi connectivity index (χ3n) is 10.7. The maximum absolute atomic E-state index is 2.58. The fraction of sp³-hybridized carbons (Fsp3) is 0.842. The summed E-state index contributed by atoms with van der Waals surface area (Å²) in [7, 11) is -2.55. The fourth-order valence-electron chi connectivity index (χ4n) is 7.32. The average Bonchev–Trinajstić information content (AvgIpc) is 2.98. The SMILES string of the molecule is CCCCCCCC[PH](CCCCCCCC)(CCCCCCCC)Cc1ccccc1C[PH](CC)(CC)CC. The molecular formula is C38H76P2. The number of rotatable bonds is 28. The summed E-state index contributed by atoms with van der Waals surface area (Å²) < 4.78 is 0. The van der Waals surface area contributed by atoms with E-state index in [1.54, 1.807) is 29.6 Å². The Morgan fingerprint density at radius 2 is 0.675 bits per heavy atom. The van der Waals surface area contributed by atoms with Crippen LogP contribution in [-0.2, 0) is 12.3 Å². The van der Waals surface area contributed by atoms with Gasteiger partial charge in [0.1, 0.15) is 0 Å². The van der Waals surface area contributed by atoms with Gasteiger partial charge in [0.25, 0.3) is 0 Å². The summed E-state index contributed by atoms with van der Waals surface area (Å²) in [5, 5.41) is 0. The number of hydrogen-bond donors (Lipinski definition) is 0. The van der Waals surface area contributed by atoms with Crippen molar-refractivity contribution < 1.29 is 0 Å². The summed E-state index contributed by atoms with van der Waals surface area (Å²) >= 11 is 0.